The minimum Gasteiger partial charge on any atom is -0.358 e. The molecule has 0 aliphatic carbocycles. The highest BCUT2D eigenvalue weighted by Crippen LogP contribution is 2.62. The van der Waals surface area contributed by atoms with Gasteiger partial charge in [0.25, 0.3) is 0 Å². The molecule has 4 atom stereocenters. The summed E-state index contributed by atoms with van der Waals surface area (Å²) in [6.45, 7) is 4.33. The van der Waals surface area contributed by atoms with Crippen LogP contribution in [0.2, 0.25) is 0 Å². The first-order chi connectivity index (χ1) is 19.9. The van der Waals surface area contributed by atoms with E-state index < -0.39 is 23.4 Å². The maximum Gasteiger partial charge on any atom is 0.238 e. The van der Waals surface area contributed by atoms with Crippen LogP contribution in [-0.4, -0.2) is 28.4 Å². The van der Waals surface area contributed by atoms with Crippen molar-refractivity contribution in [1.82, 2.24) is 4.90 Å². The number of carbonyl (C=O) groups excluding carboxylic acids is 3. The van der Waals surface area contributed by atoms with Crippen molar-refractivity contribution in [2.45, 2.75) is 37.8 Å². The summed E-state index contributed by atoms with van der Waals surface area (Å²) >= 11 is 1.37. The fraction of sp³-hybridized carbons (Fsp3) is 0.229. The first-order valence-electron chi connectivity index (χ1n) is 14.1. The van der Waals surface area contributed by atoms with Gasteiger partial charge in [0.2, 0.25) is 5.91 Å². The molecule has 1 fully saturated rings. The van der Waals surface area contributed by atoms with Gasteiger partial charge >= 0.3 is 0 Å². The smallest absolute Gasteiger partial charge is 0.238 e. The third kappa shape index (κ3) is 3.77. The van der Waals surface area contributed by atoms with E-state index in [2.05, 4.69) is 19.2 Å². The van der Waals surface area contributed by atoms with Crippen molar-refractivity contribution >= 4 is 40.6 Å². The van der Waals surface area contributed by atoms with Crippen LogP contribution in [0.4, 0.5) is 5.69 Å². The third-order valence-corrected chi connectivity index (χ3v) is 9.65. The number of nitrogens with one attached hydrogen (secondary N) is 1. The number of hydrogen-bond donors (Lipinski definition) is 1. The average Bonchev–Trinajstić information content (AvgIpc) is 3.69. The van der Waals surface area contributed by atoms with Crippen LogP contribution in [0, 0.1) is 11.8 Å². The molecule has 41 heavy (non-hydrogen) atoms. The first-order valence-corrected chi connectivity index (χ1v) is 15.0. The molecule has 7 rings (SSSR count). The lowest BCUT2D eigenvalue weighted by atomic mass is 9.62. The number of fused-ring (bicyclic) bond motifs is 6. The maximum absolute atomic E-state index is 14.9. The Morgan fingerprint density at radius 3 is 2.44 bits per heavy atom. The molecule has 0 bridgehead atoms. The second-order valence-electron chi connectivity index (χ2n) is 11.6. The van der Waals surface area contributed by atoms with Crippen LogP contribution in [0.1, 0.15) is 62.2 Å². The van der Waals surface area contributed by atoms with Gasteiger partial charge in [-0.15, -0.1) is 11.3 Å². The summed E-state index contributed by atoms with van der Waals surface area (Å²) in [5.41, 5.74) is 3.75. The Labute approximate surface area is 243 Å². The summed E-state index contributed by atoms with van der Waals surface area (Å²) in [6.07, 6.45) is 4.81. The highest BCUT2D eigenvalue weighted by Gasteiger charge is 2.70. The Morgan fingerprint density at radius 2 is 1.68 bits per heavy atom. The molecule has 1 amide bonds. The predicted octanol–water partition coefficient (Wildman–Crippen LogP) is 6.93. The molecule has 1 N–H and O–H groups in total. The number of amides is 1. The number of thiophene rings is 1. The monoisotopic (exact) mass is 558 g/mol. The van der Waals surface area contributed by atoms with Crippen LogP contribution < -0.4 is 5.32 Å². The molecule has 3 aromatic carbocycles. The molecule has 204 valence electrons. The van der Waals surface area contributed by atoms with E-state index in [1.807, 2.05) is 101 Å². The van der Waals surface area contributed by atoms with E-state index in [9.17, 15) is 14.4 Å². The highest BCUT2D eigenvalue weighted by molar-refractivity contribution is 7.12. The van der Waals surface area contributed by atoms with Crippen molar-refractivity contribution in [1.29, 1.82) is 0 Å². The maximum atomic E-state index is 14.9. The third-order valence-electron chi connectivity index (χ3n) is 8.77. The van der Waals surface area contributed by atoms with Gasteiger partial charge in [0, 0.05) is 17.5 Å². The highest BCUT2D eigenvalue weighted by atomic mass is 32.1. The van der Waals surface area contributed by atoms with Gasteiger partial charge in [0.15, 0.2) is 11.6 Å². The first kappa shape index (κ1) is 25.7. The number of rotatable bonds is 6. The van der Waals surface area contributed by atoms with Gasteiger partial charge in [-0.2, -0.15) is 0 Å². The Bertz CT molecular complexity index is 1710. The molecule has 3 aliphatic rings. The van der Waals surface area contributed by atoms with Crippen molar-refractivity contribution in [2.24, 2.45) is 11.8 Å². The van der Waals surface area contributed by atoms with Crippen molar-refractivity contribution in [3.63, 3.8) is 0 Å². The molecule has 3 aliphatic heterocycles. The summed E-state index contributed by atoms with van der Waals surface area (Å²) in [5.74, 6) is -1.03. The van der Waals surface area contributed by atoms with Crippen LogP contribution >= 0.6 is 11.3 Å². The molecule has 0 unspecified atom stereocenters. The van der Waals surface area contributed by atoms with Gasteiger partial charge in [-0.1, -0.05) is 86.6 Å². The fourth-order valence-corrected chi connectivity index (χ4v) is 7.89. The Morgan fingerprint density at radius 1 is 0.927 bits per heavy atom. The zero-order valence-corrected chi connectivity index (χ0v) is 23.7. The van der Waals surface area contributed by atoms with E-state index in [1.54, 1.807) is 6.07 Å². The van der Waals surface area contributed by atoms with Crippen LogP contribution in [0.5, 0.6) is 0 Å². The molecule has 4 aromatic rings. The molecule has 0 radical (unpaired) electrons. The summed E-state index contributed by atoms with van der Waals surface area (Å²) in [4.78, 5) is 46.3. The van der Waals surface area contributed by atoms with Crippen molar-refractivity contribution in [2.75, 3.05) is 5.32 Å². The van der Waals surface area contributed by atoms with Gasteiger partial charge in [-0.3, -0.25) is 14.4 Å². The van der Waals surface area contributed by atoms with Crippen LogP contribution in [0.15, 0.2) is 96.5 Å². The SMILES string of the molecule is CC(C)Cc1ccc(C(=O)[C@@H]2[C@H](C(=O)c3cccs3)N3C=Cc4ccccc4[C@@H]3[C@]23C(=O)Nc2ccccc23)cc1. The summed E-state index contributed by atoms with van der Waals surface area (Å²) in [7, 11) is 0. The molecule has 5 nitrogen and oxygen atoms in total. The lowest BCUT2D eigenvalue weighted by molar-refractivity contribution is -0.122. The van der Waals surface area contributed by atoms with E-state index in [0.29, 0.717) is 22.0 Å². The molecular weight excluding hydrogens is 528 g/mol. The summed E-state index contributed by atoms with van der Waals surface area (Å²) in [5, 5.41) is 4.98. The minimum atomic E-state index is -1.30. The van der Waals surface area contributed by atoms with Gasteiger partial charge in [-0.05, 0) is 58.2 Å². The number of nitrogens with zero attached hydrogens (tertiary/aromatic N) is 1. The number of para-hydroxylation sites is 1. The second kappa shape index (κ2) is 9.67. The molecule has 1 saturated heterocycles. The van der Waals surface area contributed by atoms with E-state index in [4.69, 9.17) is 0 Å². The molecule has 1 spiro atoms. The Hall–Kier alpha value is -4.29. The Balaban J connectivity index is 1.48. The lowest BCUT2D eigenvalue weighted by Crippen LogP contribution is -2.49. The zero-order chi connectivity index (χ0) is 28.3. The van der Waals surface area contributed by atoms with Gasteiger partial charge in [-0.25, -0.2) is 0 Å². The van der Waals surface area contributed by atoms with Crippen molar-refractivity contribution in [3.05, 3.63) is 129 Å². The van der Waals surface area contributed by atoms with Crippen molar-refractivity contribution < 1.29 is 14.4 Å². The summed E-state index contributed by atoms with van der Waals surface area (Å²) < 4.78 is 0. The molecular formula is C35H30N2O3S. The quantitative estimate of drug-likeness (QED) is 0.261. The fourth-order valence-electron chi connectivity index (χ4n) is 7.19. The van der Waals surface area contributed by atoms with Gasteiger partial charge in [0.1, 0.15) is 11.5 Å². The second-order valence-corrected chi connectivity index (χ2v) is 12.5. The van der Waals surface area contributed by atoms with Crippen LogP contribution in [-0.2, 0) is 16.6 Å². The number of carbonyl (C=O) groups is 3. The van der Waals surface area contributed by atoms with E-state index in [1.165, 1.54) is 11.3 Å². The van der Waals surface area contributed by atoms with Crippen molar-refractivity contribution in [3.8, 4) is 0 Å². The zero-order valence-electron chi connectivity index (χ0n) is 22.9. The molecule has 0 saturated carbocycles. The van der Waals surface area contributed by atoms with E-state index >= 15 is 0 Å². The molecule has 1 aromatic heterocycles. The number of hydrogen-bond acceptors (Lipinski definition) is 5. The average molecular weight is 559 g/mol. The standard InChI is InChI=1S/C35H30N2O3S/c1-21(2)20-22-13-15-24(16-14-22)31(38)29-30(32(39)28-12-7-19-41-28)37-18-17-23-8-3-4-9-25(23)33(37)35(29)26-10-5-6-11-27(26)36-34(35)40/h3-19,21,29-30,33H,20H2,1-2H3,(H,36,40)/t29-,30+,33+,35+/m0/s1. The van der Waals surface area contributed by atoms with Crippen LogP contribution in [0.25, 0.3) is 6.08 Å². The van der Waals surface area contributed by atoms with E-state index in [-0.39, 0.29) is 17.5 Å². The lowest BCUT2D eigenvalue weighted by Gasteiger charge is -2.38. The van der Waals surface area contributed by atoms with E-state index in [0.717, 1.165) is 28.7 Å². The topological polar surface area (TPSA) is 66.5 Å². The molecule has 4 heterocycles. The Kier molecular flexibility index (Phi) is 6.05. The number of ketones is 2. The normalized spacial score (nSPS) is 23.8. The minimum absolute atomic E-state index is 0.141. The number of benzene rings is 3. The van der Waals surface area contributed by atoms with Gasteiger partial charge in [0.05, 0.1) is 16.8 Å². The number of Topliss-reactive ketones (excluding diaryl/α,β-unsaturated/α-hetero) is 2. The summed E-state index contributed by atoms with van der Waals surface area (Å²) in [6, 6.07) is 25.6. The van der Waals surface area contributed by atoms with Crippen LogP contribution in [0.3, 0.4) is 0 Å². The molecule has 6 heteroatoms. The number of anilines is 1. The van der Waals surface area contributed by atoms with Gasteiger partial charge < -0.3 is 10.2 Å². The largest absolute Gasteiger partial charge is 0.358 e. The predicted molar refractivity (Wildman–Crippen MR) is 162 cm³/mol.